The molecule has 4 aromatic rings. The summed E-state index contributed by atoms with van der Waals surface area (Å²) in [5.74, 6) is 0.397. The Kier molecular flexibility index (Phi) is 7.28. The van der Waals surface area contributed by atoms with Crippen LogP contribution in [0, 0.1) is 11.3 Å². The Labute approximate surface area is 215 Å². The summed E-state index contributed by atoms with van der Waals surface area (Å²) in [4.78, 5) is 50.3. The van der Waals surface area contributed by atoms with Gasteiger partial charge in [-0.3, -0.25) is 15.0 Å². The van der Waals surface area contributed by atoms with Gasteiger partial charge in [0.25, 0.3) is 11.8 Å². The number of phenols is 1. The molecule has 11 nitrogen and oxygen atoms in total. The van der Waals surface area contributed by atoms with Crippen molar-refractivity contribution in [1.82, 2.24) is 5.43 Å². The lowest BCUT2D eigenvalue weighted by molar-refractivity contribution is 0.0374. The Morgan fingerprint density at radius 1 is 0.921 bits per heavy atom. The molecule has 3 aromatic carbocycles. The molecule has 188 valence electrons. The second kappa shape index (κ2) is 10.9. The second-order valence-corrected chi connectivity index (χ2v) is 7.71. The largest absolute Gasteiger partial charge is 0.507 e. The van der Waals surface area contributed by atoms with E-state index in [1.807, 2.05) is 0 Å². The van der Waals surface area contributed by atoms with Crippen LogP contribution in [0.2, 0.25) is 0 Å². The number of nitrogens with two attached hydrogens (primary N) is 1. The molecular formula is C27H18N4O7. The van der Waals surface area contributed by atoms with Gasteiger partial charge in [0.05, 0.1) is 17.4 Å². The van der Waals surface area contributed by atoms with Crippen molar-refractivity contribution in [3.05, 3.63) is 107 Å². The van der Waals surface area contributed by atoms with Crippen LogP contribution in [0.5, 0.6) is 5.75 Å². The Morgan fingerprint density at radius 2 is 1.68 bits per heavy atom. The third kappa shape index (κ3) is 5.11. The zero-order valence-electron chi connectivity index (χ0n) is 19.4. The van der Waals surface area contributed by atoms with E-state index in [4.69, 9.17) is 15.0 Å². The van der Waals surface area contributed by atoms with Crippen LogP contribution in [0.3, 0.4) is 0 Å². The molecule has 0 unspecified atom stereocenters. The average Bonchev–Trinajstić information content (AvgIpc) is 3.43. The Hall–Kier alpha value is -5.73. The molecular weight excluding hydrogens is 492 g/mol. The van der Waals surface area contributed by atoms with E-state index in [0.717, 1.165) is 12.1 Å². The molecule has 0 saturated carbocycles. The highest BCUT2D eigenvalue weighted by atomic mass is 16.6. The molecule has 0 atom stereocenters. The third-order valence-corrected chi connectivity index (χ3v) is 5.38. The molecule has 0 radical (unpaired) electrons. The maximum atomic E-state index is 12.9. The number of hydrazine groups is 1. The number of nitriles is 1. The van der Waals surface area contributed by atoms with Crippen molar-refractivity contribution in [2.75, 3.05) is 5.32 Å². The Bertz CT molecular complexity index is 1600. The van der Waals surface area contributed by atoms with Crippen LogP contribution in [0.4, 0.5) is 5.69 Å². The summed E-state index contributed by atoms with van der Waals surface area (Å²) < 4.78 is 10.2. The van der Waals surface area contributed by atoms with E-state index in [1.165, 1.54) is 12.3 Å². The van der Waals surface area contributed by atoms with E-state index in [2.05, 4.69) is 5.32 Å². The number of rotatable bonds is 6. The van der Waals surface area contributed by atoms with Crippen LogP contribution in [0.25, 0.3) is 11.1 Å². The normalized spacial score (nSPS) is 10.2. The minimum Gasteiger partial charge on any atom is -0.507 e. The number of amides is 2. The summed E-state index contributed by atoms with van der Waals surface area (Å²) in [6.07, 6.45) is 1.22. The van der Waals surface area contributed by atoms with Gasteiger partial charge in [-0.1, -0.05) is 30.3 Å². The minimum absolute atomic E-state index is 0.266. The molecule has 5 N–H and O–H groups in total. The maximum absolute atomic E-state index is 12.9. The van der Waals surface area contributed by atoms with Crippen LogP contribution in [-0.2, 0) is 4.74 Å². The number of furan rings is 1. The fourth-order valence-electron chi connectivity index (χ4n) is 3.62. The topological polar surface area (TPSA) is 185 Å². The van der Waals surface area contributed by atoms with Gasteiger partial charge >= 0.3 is 11.9 Å². The third-order valence-electron chi connectivity index (χ3n) is 5.38. The van der Waals surface area contributed by atoms with Gasteiger partial charge in [0, 0.05) is 16.8 Å². The van der Waals surface area contributed by atoms with E-state index in [9.17, 15) is 29.5 Å². The fraction of sp³-hybridized carbons (Fsp3) is 0. The van der Waals surface area contributed by atoms with Gasteiger partial charge < -0.3 is 19.6 Å². The molecule has 38 heavy (non-hydrogen) atoms. The first kappa shape index (κ1) is 25.4. The van der Waals surface area contributed by atoms with Crippen molar-refractivity contribution in [3.8, 4) is 22.9 Å². The van der Waals surface area contributed by atoms with E-state index in [-0.39, 0.29) is 17.2 Å². The zero-order valence-corrected chi connectivity index (χ0v) is 19.4. The Morgan fingerprint density at radius 3 is 2.39 bits per heavy atom. The first-order valence-electron chi connectivity index (χ1n) is 10.9. The fourth-order valence-corrected chi connectivity index (χ4v) is 3.62. The molecule has 1 aromatic heterocycles. The molecule has 4 rings (SSSR count). The lowest BCUT2D eigenvalue weighted by Crippen LogP contribution is -2.32. The molecule has 1 heterocycles. The monoisotopic (exact) mass is 510 g/mol. The van der Waals surface area contributed by atoms with Gasteiger partial charge in [-0.15, -0.1) is 0 Å². The minimum atomic E-state index is -1.28. The molecule has 0 aliphatic carbocycles. The number of hydrogen-bond acceptors (Lipinski definition) is 9. The van der Waals surface area contributed by atoms with E-state index < -0.39 is 40.3 Å². The number of nitrogens with zero attached hydrogens (tertiary/aromatic N) is 1. The predicted molar refractivity (Wildman–Crippen MR) is 133 cm³/mol. The maximum Gasteiger partial charge on any atom is 0.382 e. The summed E-state index contributed by atoms with van der Waals surface area (Å²) >= 11 is 0. The number of anilines is 1. The van der Waals surface area contributed by atoms with E-state index >= 15 is 0 Å². The molecule has 0 bridgehead atoms. The number of carbonyl (C=O) groups is 4. The number of hydrogen-bond donors (Lipinski definition) is 4. The van der Waals surface area contributed by atoms with Gasteiger partial charge in [0.1, 0.15) is 17.4 Å². The summed E-state index contributed by atoms with van der Waals surface area (Å²) in [5, 5.41) is 21.9. The molecule has 0 aliphatic rings. The van der Waals surface area contributed by atoms with E-state index in [1.54, 1.807) is 66.1 Å². The number of benzene rings is 3. The zero-order chi connectivity index (χ0) is 27.2. The molecule has 0 spiro atoms. The number of aromatic hydroxyl groups is 1. The summed E-state index contributed by atoms with van der Waals surface area (Å²) in [7, 11) is 0. The Balaban J connectivity index is 1.58. The molecule has 0 saturated heterocycles. The average molecular weight is 510 g/mol. The first-order valence-corrected chi connectivity index (χ1v) is 10.9. The molecule has 2 amide bonds. The van der Waals surface area contributed by atoms with Crippen molar-refractivity contribution < 1.29 is 33.4 Å². The summed E-state index contributed by atoms with van der Waals surface area (Å²) in [6, 6.07) is 20.3. The predicted octanol–water partition coefficient (Wildman–Crippen LogP) is 3.38. The molecule has 0 aliphatic heterocycles. The molecule has 0 fully saturated rings. The van der Waals surface area contributed by atoms with Crippen LogP contribution in [-0.4, -0.2) is 28.9 Å². The number of carbonyl (C=O) groups excluding carboxylic acids is 4. The van der Waals surface area contributed by atoms with Gasteiger partial charge in [-0.05, 0) is 48.0 Å². The number of nitrogen functional groups attached to an aromatic ring is 1. The van der Waals surface area contributed by atoms with Gasteiger partial charge in [-0.25, -0.2) is 15.4 Å². The second-order valence-electron chi connectivity index (χ2n) is 7.71. The smallest absolute Gasteiger partial charge is 0.382 e. The van der Waals surface area contributed by atoms with Crippen molar-refractivity contribution >= 4 is 29.4 Å². The highest BCUT2D eigenvalue weighted by Gasteiger charge is 2.28. The highest BCUT2D eigenvalue weighted by Crippen LogP contribution is 2.29. The number of esters is 2. The van der Waals surface area contributed by atoms with Crippen LogP contribution >= 0.6 is 0 Å². The number of phenolic OH excluding ortho intramolecular Hbond substituents is 1. The van der Waals surface area contributed by atoms with Crippen LogP contribution < -0.4 is 16.6 Å². The lowest BCUT2D eigenvalue weighted by Gasteiger charge is -2.10. The van der Waals surface area contributed by atoms with Gasteiger partial charge in [0.15, 0.2) is 0 Å². The SMILES string of the molecule is N#Cc1c(O)ccc(C(=O)OC(=O)c2occc2-c2cccc(NC(=O)c3ccccc3)c2)c1C(=O)NN. The molecule has 11 heteroatoms. The summed E-state index contributed by atoms with van der Waals surface area (Å²) in [6.45, 7) is 0. The van der Waals surface area contributed by atoms with Crippen molar-refractivity contribution in [2.24, 2.45) is 5.84 Å². The van der Waals surface area contributed by atoms with Crippen molar-refractivity contribution in [3.63, 3.8) is 0 Å². The van der Waals surface area contributed by atoms with E-state index in [0.29, 0.717) is 16.8 Å². The first-order chi connectivity index (χ1) is 18.3. The van der Waals surface area contributed by atoms with Crippen molar-refractivity contribution in [2.45, 2.75) is 0 Å². The lowest BCUT2D eigenvalue weighted by atomic mass is 10.00. The van der Waals surface area contributed by atoms with Gasteiger partial charge in [-0.2, -0.15) is 5.26 Å². The van der Waals surface area contributed by atoms with Gasteiger partial charge in [0.2, 0.25) is 5.76 Å². The standard InChI is InChI=1S/C27H18N4O7/c28-14-20-21(32)10-9-19(22(20)25(34)31-29)26(35)38-27(36)23-18(11-12-37-23)16-7-4-8-17(13-16)30-24(33)15-5-2-1-3-6-15/h1-13,32H,29H2,(H,30,33)(H,31,34). The summed E-state index contributed by atoms with van der Waals surface area (Å²) in [5.41, 5.74) is 1.86. The van der Waals surface area contributed by atoms with Crippen LogP contribution in [0.1, 0.15) is 47.2 Å². The number of ether oxygens (including phenoxy) is 1. The van der Waals surface area contributed by atoms with Crippen molar-refractivity contribution in [1.29, 1.82) is 5.26 Å². The van der Waals surface area contributed by atoms with Crippen LogP contribution in [0.15, 0.2) is 83.5 Å². The quantitative estimate of drug-likeness (QED) is 0.0992. The highest BCUT2D eigenvalue weighted by molar-refractivity contribution is 6.11. The number of nitrogens with one attached hydrogen (secondary N) is 2.